The number of hydrogen-bond donors (Lipinski definition) is 2. The minimum Gasteiger partial charge on any atom is -0.271 e. The van der Waals surface area contributed by atoms with E-state index in [-0.39, 0.29) is 6.04 Å². The van der Waals surface area contributed by atoms with E-state index in [2.05, 4.69) is 10.5 Å². The average molecular weight is 313 g/mol. The number of rotatable bonds is 5. The highest BCUT2D eigenvalue weighted by Gasteiger charge is 2.18. The largest absolute Gasteiger partial charge is 0.271 e. The molecule has 0 radical (unpaired) electrons. The lowest BCUT2D eigenvalue weighted by molar-refractivity contribution is 0.530. The fourth-order valence-corrected chi connectivity index (χ4v) is 2.70. The molecule has 0 aliphatic rings. The number of aromatic nitrogens is 2. The van der Waals surface area contributed by atoms with Crippen LogP contribution in [-0.2, 0) is 19.9 Å². The van der Waals surface area contributed by atoms with Gasteiger partial charge in [-0.15, -0.1) is 0 Å². The lowest BCUT2D eigenvalue weighted by atomic mass is 10.0. The molecule has 1 atom stereocenters. The minimum atomic E-state index is -0.0372. The van der Waals surface area contributed by atoms with E-state index in [0.29, 0.717) is 11.4 Å². The Morgan fingerprint density at radius 3 is 2.45 bits per heavy atom. The van der Waals surface area contributed by atoms with Crippen molar-refractivity contribution in [2.45, 2.75) is 25.8 Å². The van der Waals surface area contributed by atoms with Gasteiger partial charge in [0.05, 0.1) is 22.5 Å². The lowest BCUT2D eigenvalue weighted by Gasteiger charge is -2.16. The quantitative estimate of drug-likeness (QED) is 0.659. The smallest absolute Gasteiger partial charge is 0.0850 e. The van der Waals surface area contributed by atoms with Gasteiger partial charge in [-0.3, -0.25) is 16.0 Å². The number of nitrogens with zero attached hydrogens (tertiary/aromatic N) is 2. The lowest BCUT2D eigenvalue weighted by Crippen LogP contribution is -2.30. The molecule has 0 spiro atoms. The zero-order valence-electron chi connectivity index (χ0n) is 11.5. The number of hydrogen-bond acceptors (Lipinski definition) is 3. The van der Waals surface area contributed by atoms with Gasteiger partial charge in [0.25, 0.3) is 0 Å². The first-order chi connectivity index (χ1) is 9.56. The van der Waals surface area contributed by atoms with E-state index in [0.717, 1.165) is 28.4 Å². The number of benzene rings is 1. The average Bonchev–Trinajstić information content (AvgIpc) is 2.72. The van der Waals surface area contributed by atoms with Gasteiger partial charge in [-0.1, -0.05) is 42.3 Å². The summed E-state index contributed by atoms with van der Waals surface area (Å²) in [5.74, 6) is 5.67. The highest BCUT2D eigenvalue weighted by Crippen LogP contribution is 2.26. The normalized spacial score (nSPS) is 12.7. The van der Waals surface area contributed by atoms with Crippen LogP contribution in [0, 0.1) is 0 Å². The summed E-state index contributed by atoms with van der Waals surface area (Å²) >= 11 is 12.3. The highest BCUT2D eigenvalue weighted by atomic mass is 35.5. The van der Waals surface area contributed by atoms with Gasteiger partial charge in [-0.05, 0) is 24.1 Å². The van der Waals surface area contributed by atoms with Crippen LogP contribution < -0.4 is 11.3 Å². The van der Waals surface area contributed by atoms with Gasteiger partial charge in [0.2, 0.25) is 0 Å². The van der Waals surface area contributed by atoms with E-state index in [1.54, 1.807) is 0 Å². The second-order valence-corrected chi connectivity index (χ2v) is 5.47. The second kappa shape index (κ2) is 6.59. The molecule has 1 aromatic carbocycles. The molecular formula is C14H18Cl2N4. The molecule has 4 nitrogen and oxygen atoms in total. The molecule has 0 amide bonds. The van der Waals surface area contributed by atoms with Crippen LogP contribution in [0.5, 0.6) is 0 Å². The topological polar surface area (TPSA) is 55.9 Å². The Morgan fingerprint density at radius 1 is 1.30 bits per heavy atom. The fraction of sp³-hybridized carbons (Fsp3) is 0.357. The molecule has 0 aliphatic heterocycles. The van der Waals surface area contributed by atoms with Crippen molar-refractivity contribution in [2.75, 3.05) is 0 Å². The van der Waals surface area contributed by atoms with E-state index in [1.807, 2.05) is 42.9 Å². The molecule has 0 saturated carbocycles. The Morgan fingerprint density at radius 2 is 1.95 bits per heavy atom. The standard InChI is InChI=1S/C14H18Cl2N4/c1-3-11-14(16)13(20(2)19-11)8-12(18-17)9-4-6-10(15)7-5-9/h4-7,12,18H,3,8,17H2,1-2H3. The molecule has 6 heteroatoms. The van der Waals surface area contributed by atoms with E-state index in [1.165, 1.54) is 0 Å². The summed E-state index contributed by atoms with van der Waals surface area (Å²) < 4.78 is 1.82. The third kappa shape index (κ3) is 3.15. The van der Waals surface area contributed by atoms with E-state index >= 15 is 0 Å². The van der Waals surface area contributed by atoms with Crippen LogP contribution in [0.25, 0.3) is 0 Å². The Bertz CT molecular complexity index is 578. The SMILES string of the molecule is CCc1nn(C)c(CC(NN)c2ccc(Cl)cc2)c1Cl. The number of aryl methyl sites for hydroxylation is 2. The van der Waals surface area contributed by atoms with Crippen molar-refractivity contribution in [3.05, 3.63) is 51.3 Å². The van der Waals surface area contributed by atoms with E-state index in [9.17, 15) is 0 Å². The van der Waals surface area contributed by atoms with Crippen molar-refractivity contribution in [1.82, 2.24) is 15.2 Å². The van der Waals surface area contributed by atoms with Crippen LogP contribution in [0.3, 0.4) is 0 Å². The molecule has 2 aromatic rings. The van der Waals surface area contributed by atoms with Gasteiger partial charge in [-0.2, -0.15) is 5.10 Å². The molecule has 1 unspecified atom stereocenters. The summed E-state index contributed by atoms with van der Waals surface area (Å²) in [6.07, 6.45) is 1.48. The summed E-state index contributed by atoms with van der Waals surface area (Å²) in [6.45, 7) is 2.04. The summed E-state index contributed by atoms with van der Waals surface area (Å²) in [7, 11) is 1.90. The predicted molar refractivity (Wildman–Crippen MR) is 82.8 cm³/mol. The molecule has 0 fully saturated rings. The van der Waals surface area contributed by atoms with Crippen LogP contribution in [0.4, 0.5) is 0 Å². The molecule has 0 saturated heterocycles. The maximum absolute atomic E-state index is 6.37. The van der Waals surface area contributed by atoms with Gasteiger partial charge in [0.15, 0.2) is 0 Å². The van der Waals surface area contributed by atoms with Gasteiger partial charge < -0.3 is 0 Å². The molecule has 1 aromatic heterocycles. The second-order valence-electron chi connectivity index (χ2n) is 4.66. The van der Waals surface area contributed by atoms with Gasteiger partial charge in [0, 0.05) is 18.5 Å². The highest BCUT2D eigenvalue weighted by molar-refractivity contribution is 6.32. The minimum absolute atomic E-state index is 0.0372. The van der Waals surface area contributed by atoms with Crippen LogP contribution in [0.1, 0.15) is 29.9 Å². The van der Waals surface area contributed by atoms with E-state index < -0.39 is 0 Å². The van der Waals surface area contributed by atoms with Crippen molar-refractivity contribution in [1.29, 1.82) is 0 Å². The third-order valence-corrected chi connectivity index (χ3v) is 4.06. The Labute approximate surface area is 128 Å². The fourth-order valence-electron chi connectivity index (χ4n) is 2.20. The van der Waals surface area contributed by atoms with Crippen molar-refractivity contribution in [2.24, 2.45) is 12.9 Å². The third-order valence-electron chi connectivity index (χ3n) is 3.37. The maximum atomic E-state index is 6.37. The summed E-state index contributed by atoms with van der Waals surface area (Å²) in [5.41, 5.74) is 5.77. The first-order valence-electron chi connectivity index (χ1n) is 6.48. The van der Waals surface area contributed by atoms with Crippen molar-refractivity contribution >= 4 is 23.2 Å². The summed E-state index contributed by atoms with van der Waals surface area (Å²) in [5, 5.41) is 5.85. The van der Waals surface area contributed by atoms with Crippen LogP contribution in [0.2, 0.25) is 10.0 Å². The summed E-state index contributed by atoms with van der Waals surface area (Å²) in [4.78, 5) is 0. The molecule has 108 valence electrons. The van der Waals surface area contributed by atoms with E-state index in [4.69, 9.17) is 29.0 Å². The molecular weight excluding hydrogens is 295 g/mol. The van der Waals surface area contributed by atoms with Gasteiger partial charge in [0.1, 0.15) is 0 Å². The predicted octanol–water partition coefficient (Wildman–Crippen LogP) is 3.04. The Balaban J connectivity index is 2.26. The first kappa shape index (κ1) is 15.3. The Kier molecular flexibility index (Phi) is 5.05. The molecule has 1 heterocycles. The van der Waals surface area contributed by atoms with Crippen LogP contribution in [-0.4, -0.2) is 9.78 Å². The number of nitrogens with two attached hydrogens (primary N) is 1. The van der Waals surface area contributed by atoms with Crippen molar-refractivity contribution in [3.8, 4) is 0 Å². The number of halogens is 2. The molecule has 2 rings (SSSR count). The Hall–Kier alpha value is -1.07. The first-order valence-corrected chi connectivity index (χ1v) is 7.24. The molecule has 0 aliphatic carbocycles. The number of nitrogens with one attached hydrogen (secondary N) is 1. The maximum Gasteiger partial charge on any atom is 0.0850 e. The summed E-state index contributed by atoms with van der Waals surface area (Å²) in [6, 6.07) is 7.58. The van der Waals surface area contributed by atoms with Gasteiger partial charge in [-0.25, -0.2) is 0 Å². The van der Waals surface area contributed by atoms with Crippen LogP contribution in [0.15, 0.2) is 24.3 Å². The molecule has 0 bridgehead atoms. The van der Waals surface area contributed by atoms with Crippen molar-refractivity contribution < 1.29 is 0 Å². The molecule has 20 heavy (non-hydrogen) atoms. The van der Waals surface area contributed by atoms with Crippen LogP contribution >= 0.6 is 23.2 Å². The molecule has 3 N–H and O–H groups in total. The zero-order valence-corrected chi connectivity index (χ0v) is 13.0. The monoisotopic (exact) mass is 312 g/mol. The zero-order chi connectivity index (χ0) is 14.7. The van der Waals surface area contributed by atoms with Crippen molar-refractivity contribution in [3.63, 3.8) is 0 Å². The number of hydrazine groups is 1. The van der Waals surface area contributed by atoms with Gasteiger partial charge >= 0.3 is 0 Å².